The van der Waals surface area contributed by atoms with Gasteiger partial charge in [-0.2, -0.15) is 0 Å². The molecule has 2 aromatic heterocycles. The van der Waals surface area contributed by atoms with E-state index in [4.69, 9.17) is 4.98 Å². The summed E-state index contributed by atoms with van der Waals surface area (Å²) < 4.78 is 0. The predicted octanol–water partition coefficient (Wildman–Crippen LogP) is 3.42. The molecule has 1 amide bonds. The van der Waals surface area contributed by atoms with Gasteiger partial charge in [0.15, 0.2) is 0 Å². The molecule has 28 heavy (non-hydrogen) atoms. The second-order valence-electron chi connectivity index (χ2n) is 7.28. The van der Waals surface area contributed by atoms with Crippen LogP contribution >= 0.6 is 0 Å². The van der Waals surface area contributed by atoms with Gasteiger partial charge in [-0.15, -0.1) is 0 Å². The summed E-state index contributed by atoms with van der Waals surface area (Å²) in [6, 6.07) is 15.3. The quantitative estimate of drug-likeness (QED) is 0.566. The van der Waals surface area contributed by atoms with Gasteiger partial charge in [-0.25, -0.2) is 4.98 Å². The number of hydrogen-bond acceptors (Lipinski definition) is 3. The minimum absolute atomic E-state index is 0.199. The number of piperidine rings is 1. The number of amides is 1. The summed E-state index contributed by atoms with van der Waals surface area (Å²) in [4.78, 5) is 38.6. The number of fused-ring (bicyclic) bond motifs is 2. The molecule has 0 atom stereocenters. The first kappa shape index (κ1) is 16.7. The Morgan fingerprint density at radius 2 is 1.71 bits per heavy atom. The van der Waals surface area contributed by atoms with E-state index < -0.39 is 0 Å². The summed E-state index contributed by atoms with van der Waals surface area (Å²) in [5.74, 6) is 1.08. The molecule has 4 aromatic rings. The third-order valence-corrected chi connectivity index (χ3v) is 5.60. The Labute approximate surface area is 161 Å². The molecule has 140 valence electrons. The van der Waals surface area contributed by atoms with E-state index in [0.29, 0.717) is 24.4 Å². The minimum Gasteiger partial charge on any atom is -0.360 e. The summed E-state index contributed by atoms with van der Waals surface area (Å²) in [6.45, 7) is 1.24. The van der Waals surface area contributed by atoms with Gasteiger partial charge < -0.3 is 14.9 Å². The van der Waals surface area contributed by atoms with Crippen LogP contribution in [-0.2, 0) is 0 Å². The number of aromatic nitrogens is 3. The summed E-state index contributed by atoms with van der Waals surface area (Å²) in [5, 5.41) is 0.547. The summed E-state index contributed by atoms with van der Waals surface area (Å²) in [7, 11) is 0. The first-order valence-electron chi connectivity index (χ1n) is 9.55. The first-order valence-corrected chi connectivity index (χ1v) is 9.55. The van der Waals surface area contributed by atoms with Gasteiger partial charge in [0.05, 0.1) is 11.0 Å². The number of imidazole rings is 1. The summed E-state index contributed by atoms with van der Waals surface area (Å²) >= 11 is 0. The van der Waals surface area contributed by atoms with Gasteiger partial charge in [0.2, 0.25) is 5.43 Å². The Morgan fingerprint density at radius 1 is 1.00 bits per heavy atom. The molecule has 6 nitrogen and oxygen atoms in total. The van der Waals surface area contributed by atoms with E-state index in [1.165, 1.54) is 0 Å². The molecular weight excluding hydrogens is 352 g/mol. The minimum atomic E-state index is -0.209. The molecule has 1 saturated heterocycles. The fourth-order valence-electron chi connectivity index (χ4n) is 4.02. The van der Waals surface area contributed by atoms with Crippen molar-refractivity contribution in [1.29, 1.82) is 0 Å². The second-order valence-corrected chi connectivity index (χ2v) is 7.28. The van der Waals surface area contributed by atoms with Crippen LogP contribution in [0.2, 0.25) is 0 Å². The van der Waals surface area contributed by atoms with E-state index in [1.807, 2.05) is 42.5 Å². The highest BCUT2D eigenvalue weighted by molar-refractivity contribution is 5.97. The molecule has 1 aliphatic heterocycles. The van der Waals surface area contributed by atoms with Crippen molar-refractivity contribution in [2.75, 3.05) is 13.1 Å². The van der Waals surface area contributed by atoms with Gasteiger partial charge in [-0.3, -0.25) is 9.59 Å². The van der Waals surface area contributed by atoms with Crippen LogP contribution in [0.15, 0.2) is 59.5 Å². The number of benzene rings is 2. The number of pyridine rings is 1. The third-order valence-electron chi connectivity index (χ3n) is 5.60. The number of likely N-dealkylation sites (tertiary alicyclic amines) is 1. The van der Waals surface area contributed by atoms with Gasteiger partial charge in [-0.1, -0.05) is 24.3 Å². The third kappa shape index (κ3) is 2.78. The molecule has 3 heterocycles. The Kier molecular flexibility index (Phi) is 3.97. The summed E-state index contributed by atoms with van der Waals surface area (Å²) in [5.41, 5.74) is 2.75. The monoisotopic (exact) mass is 372 g/mol. The van der Waals surface area contributed by atoms with E-state index in [9.17, 15) is 9.59 Å². The molecule has 5 rings (SSSR count). The molecule has 1 aliphatic rings. The maximum absolute atomic E-state index is 12.9. The zero-order chi connectivity index (χ0) is 19.1. The van der Waals surface area contributed by atoms with Crippen LogP contribution in [0.25, 0.3) is 21.9 Å². The second kappa shape index (κ2) is 6.64. The molecule has 0 radical (unpaired) electrons. The van der Waals surface area contributed by atoms with E-state index in [2.05, 4.69) is 9.97 Å². The zero-order valence-corrected chi connectivity index (χ0v) is 15.3. The van der Waals surface area contributed by atoms with Crippen LogP contribution in [0, 0.1) is 0 Å². The highest BCUT2D eigenvalue weighted by Gasteiger charge is 2.27. The van der Waals surface area contributed by atoms with Crippen molar-refractivity contribution in [3.8, 4) is 0 Å². The molecule has 0 unspecified atom stereocenters. The lowest BCUT2D eigenvalue weighted by Gasteiger charge is -2.31. The van der Waals surface area contributed by atoms with Crippen LogP contribution in [-0.4, -0.2) is 38.8 Å². The van der Waals surface area contributed by atoms with Crippen molar-refractivity contribution >= 4 is 27.8 Å². The normalized spacial score (nSPS) is 15.4. The lowest BCUT2D eigenvalue weighted by Crippen LogP contribution is -2.40. The fourth-order valence-corrected chi connectivity index (χ4v) is 4.02. The number of carbonyl (C=O) groups excluding carboxylic acids is 1. The molecule has 1 fully saturated rings. The molecule has 0 bridgehead atoms. The number of rotatable bonds is 2. The lowest BCUT2D eigenvalue weighted by atomic mass is 9.95. The molecule has 6 heteroatoms. The Morgan fingerprint density at radius 3 is 2.50 bits per heavy atom. The standard InChI is InChI=1S/C22H20N4O2/c27-20-15-5-1-2-6-17(15)23-13-16(20)22(28)26-11-9-14(10-12-26)21-24-18-7-3-4-8-19(18)25-21/h1-8,13-14H,9-12H2,(H,23,27)(H,24,25). The van der Waals surface area contributed by atoms with E-state index in [1.54, 1.807) is 17.2 Å². The van der Waals surface area contributed by atoms with Crippen LogP contribution < -0.4 is 5.43 Å². The van der Waals surface area contributed by atoms with Crippen molar-refractivity contribution in [2.24, 2.45) is 0 Å². The zero-order valence-electron chi connectivity index (χ0n) is 15.3. The highest BCUT2D eigenvalue weighted by Crippen LogP contribution is 2.28. The van der Waals surface area contributed by atoms with Gasteiger partial charge in [0.25, 0.3) is 5.91 Å². The van der Waals surface area contributed by atoms with Gasteiger partial charge in [-0.05, 0) is 37.1 Å². The van der Waals surface area contributed by atoms with Gasteiger partial charge >= 0.3 is 0 Å². The largest absolute Gasteiger partial charge is 0.360 e. The van der Waals surface area contributed by atoms with Gasteiger partial charge in [0.1, 0.15) is 11.4 Å². The molecule has 0 saturated carbocycles. The average molecular weight is 372 g/mol. The van der Waals surface area contributed by atoms with E-state index in [-0.39, 0.29) is 16.9 Å². The number of nitrogens with zero attached hydrogens (tertiary/aromatic N) is 2. The smallest absolute Gasteiger partial charge is 0.259 e. The molecule has 2 aromatic carbocycles. The van der Waals surface area contributed by atoms with E-state index in [0.717, 1.165) is 35.2 Å². The molecule has 2 N–H and O–H groups in total. The molecular formula is C22H20N4O2. The van der Waals surface area contributed by atoms with Crippen molar-refractivity contribution in [2.45, 2.75) is 18.8 Å². The van der Waals surface area contributed by atoms with Crippen LogP contribution in [0.4, 0.5) is 0 Å². The molecule has 0 spiro atoms. The van der Waals surface area contributed by atoms with Crippen LogP contribution in [0.1, 0.15) is 34.9 Å². The van der Waals surface area contributed by atoms with Crippen molar-refractivity contribution in [3.63, 3.8) is 0 Å². The maximum Gasteiger partial charge on any atom is 0.259 e. The number of aromatic amines is 2. The summed E-state index contributed by atoms with van der Waals surface area (Å²) in [6.07, 6.45) is 3.20. The number of para-hydroxylation sites is 3. The first-order chi connectivity index (χ1) is 13.7. The number of H-pyrrole nitrogens is 2. The van der Waals surface area contributed by atoms with Crippen molar-refractivity contribution < 1.29 is 4.79 Å². The Hall–Kier alpha value is -3.41. The Balaban J connectivity index is 1.34. The average Bonchev–Trinajstić information content (AvgIpc) is 3.18. The topological polar surface area (TPSA) is 81.8 Å². The maximum atomic E-state index is 12.9. The molecule has 0 aliphatic carbocycles. The SMILES string of the molecule is O=C(c1c[nH]c2ccccc2c1=O)N1CCC(c2nc3ccccc3[nH]2)CC1. The highest BCUT2D eigenvalue weighted by atomic mass is 16.2. The van der Waals surface area contributed by atoms with Crippen LogP contribution in [0.5, 0.6) is 0 Å². The number of nitrogens with one attached hydrogen (secondary N) is 2. The number of carbonyl (C=O) groups is 1. The fraction of sp³-hybridized carbons (Fsp3) is 0.227. The van der Waals surface area contributed by atoms with Crippen molar-refractivity contribution in [3.05, 3.63) is 76.3 Å². The van der Waals surface area contributed by atoms with Crippen LogP contribution in [0.3, 0.4) is 0 Å². The predicted molar refractivity (Wildman–Crippen MR) is 109 cm³/mol. The van der Waals surface area contributed by atoms with Gasteiger partial charge in [0, 0.05) is 36.1 Å². The Bertz CT molecular complexity index is 1200. The van der Waals surface area contributed by atoms with Crippen molar-refractivity contribution in [1.82, 2.24) is 19.9 Å². The van der Waals surface area contributed by atoms with E-state index >= 15 is 0 Å². The lowest BCUT2D eigenvalue weighted by molar-refractivity contribution is 0.0710. The number of hydrogen-bond donors (Lipinski definition) is 2.